The van der Waals surface area contributed by atoms with E-state index in [2.05, 4.69) is 0 Å². The lowest BCUT2D eigenvalue weighted by molar-refractivity contribution is -0.384. The van der Waals surface area contributed by atoms with E-state index in [9.17, 15) is 24.8 Å². The van der Waals surface area contributed by atoms with Gasteiger partial charge in [0.1, 0.15) is 5.75 Å². The van der Waals surface area contributed by atoms with Crippen LogP contribution in [-0.4, -0.2) is 22.2 Å². The van der Waals surface area contributed by atoms with Crippen LogP contribution in [0.4, 0.5) is 5.69 Å². The summed E-state index contributed by atoms with van der Waals surface area (Å²) in [6.45, 7) is 0. The predicted molar refractivity (Wildman–Crippen MR) is 63.0 cm³/mol. The van der Waals surface area contributed by atoms with E-state index in [1.165, 1.54) is 12.2 Å². The number of carbonyl (C=O) groups is 2. The Bertz CT molecular complexity index is 536. The van der Waals surface area contributed by atoms with Gasteiger partial charge >= 0.3 is 0 Å². The lowest BCUT2D eigenvalue weighted by Crippen LogP contribution is -2.07. The van der Waals surface area contributed by atoms with Crippen LogP contribution in [-0.2, 0) is 4.79 Å². The van der Waals surface area contributed by atoms with Crippen LogP contribution < -0.4 is 5.73 Å². The van der Waals surface area contributed by atoms with E-state index < -0.39 is 10.8 Å². The summed E-state index contributed by atoms with van der Waals surface area (Å²) >= 11 is 0. The number of non-ortho nitro benzene ring substituents is 1. The van der Waals surface area contributed by atoms with Crippen LogP contribution in [0, 0.1) is 10.1 Å². The summed E-state index contributed by atoms with van der Waals surface area (Å²) in [5.74, 6) is -0.955. The molecule has 0 heterocycles. The molecule has 0 atom stereocenters. The summed E-state index contributed by atoms with van der Waals surface area (Å²) in [6.07, 6.45) is 2.88. The zero-order valence-electron chi connectivity index (χ0n) is 9.20. The number of nitrogens with two attached hydrogens (primary N) is 1. The highest BCUT2D eigenvalue weighted by molar-refractivity contribution is 5.84. The number of carbonyl (C=O) groups excluding carboxylic acids is 2. The van der Waals surface area contributed by atoms with Crippen molar-refractivity contribution in [2.75, 3.05) is 0 Å². The number of phenols is 1. The average Bonchev–Trinajstić information content (AvgIpc) is 2.30. The van der Waals surface area contributed by atoms with Gasteiger partial charge < -0.3 is 10.8 Å². The van der Waals surface area contributed by atoms with Crippen LogP contribution in [0.3, 0.4) is 0 Å². The molecule has 0 bridgehead atoms. The number of hydrogen-bond donors (Lipinski definition) is 2. The van der Waals surface area contributed by atoms with E-state index in [0.29, 0.717) is 6.29 Å². The Labute approximate surface area is 102 Å². The fourth-order valence-electron chi connectivity index (χ4n) is 1.29. The van der Waals surface area contributed by atoms with Crippen molar-refractivity contribution in [2.24, 2.45) is 5.73 Å². The molecule has 18 heavy (non-hydrogen) atoms. The second-order valence-corrected chi connectivity index (χ2v) is 3.42. The number of benzene rings is 1. The van der Waals surface area contributed by atoms with Crippen molar-refractivity contribution in [1.82, 2.24) is 0 Å². The molecule has 0 aliphatic rings. The first-order chi connectivity index (χ1) is 8.45. The van der Waals surface area contributed by atoms with Gasteiger partial charge in [0.15, 0.2) is 6.29 Å². The molecule has 7 heteroatoms. The Morgan fingerprint density at radius 3 is 2.56 bits per heavy atom. The van der Waals surface area contributed by atoms with E-state index in [1.54, 1.807) is 0 Å². The summed E-state index contributed by atoms with van der Waals surface area (Å²) in [5.41, 5.74) is 4.47. The third-order valence-electron chi connectivity index (χ3n) is 2.11. The van der Waals surface area contributed by atoms with E-state index in [1.807, 2.05) is 0 Å². The van der Waals surface area contributed by atoms with Gasteiger partial charge in [0, 0.05) is 24.1 Å². The smallest absolute Gasteiger partial charge is 0.271 e. The zero-order valence-corrected chi connectivity index (χ0v) is 9.20. The Morgan fingerprint density at radius 2 is 2.06 bits per heavy atom. The summed E-state index contributed by atoms with van der Waals surface area (Å²) in [4.78, 5) is 31.1. The molecule has 1 aromatic rings. The molecule has 7 nitrogen and oxygen atoms in total. The van der Waals surface area contributed by atoms with E-state index in [-0.39, 0.29) is 29.0 Å². The molecule has 0 radical (unpaired) electrons. The van der Waals surface area contributed by atoms with Gasteiger partial charge in [-0.05, 0) is 0 Å². The summed E-state index contributed by atoms with van der Waals surface area (Å²) in [7, 11) is 0. The van der Waals surface area contributed by atoms with Crippen molar-refractivity contribution < 1.29 is 19.6 Å². The molecular formula is C11H10N2O5. The van der Waals surface area contributed by atoms with Gasteiger partial charge in [-0.25, -0.2) is 0 Å². The van der Waals surface area contributed by atoms with E-state index in [4.69, 9.17) is 5.73 Å². The lowest BCUT2D eigenvalue weighted by Gasteiger charge is -2.02. The molecule has 1 rings (SSSR count). The zero-order chi connectivity index (χ0) is 13.7. The molecule has 1 amide bonds. The Morgan fingerprint density at radius 1 is 1.44 bits per heavy atom. The molecular weight excluding hydrogens is 240 g/mol. The molecule has 94 valence electrons. The molecule has 1 aromatic carbocycles. The fraction of sp³-hybridized carbons (Fsp3) is 0.0909. The molecule has 0 saturated heterocycles. The van der Waals surface area contributed by atoms with Gasteiger partial charge in [0.05, 0.1) is 10.5 Å². The molecule has 0 aromatic heterocycles. The number of aromatic hydroxyl groups is 1. The van der Waals surface area contributed by atoms with Gasteiger partial charge in [-0.3, -0.25) is 19.7 Å². The van der Waals surface area contributed by atoms with E-state index >= 15 is 0 Å². The number of rotatable bonds is 5. The number of primary amides is 1. The number of aldehydes is 1. The molecule has 0 aliphatic heterocycles. The average molecular weight is 250 g/mol. The lowest BCUT2D eigenvalue weighted by atomic mass is 10.1. The van der Waals surface area contributed by atoms with Crippen LogP contribution in [0.2, 0.25) is 0 Å². The normalized spacial score (nSPS) is 10.4. The largest absolute Gasteiger partial charge is 0.507 e. The molecule has 3 N–H and O–H groups in total. The van der Waals surface area contributed by atoms with Crippen molar-refractivity contribution in [3.63, 3.8) is 0 Å². The predicted octanol–water partition coefficient (Wildman–Crippen LogP) is 1.00. The molecule has 0 saturated carbocycles. The maximum absolute atomic E-state index is 10.7. The summed E-state index contributed by atoms with van der Waals surface area (Å²) in [5, 5.41) is 20.3. The van der Waals surface area contributed by atoms with Crippen molar-refractivity contribution >= 4 is 24.0 Å². The molecule has 0 fully saturated rings. The quantitative estimate of drug-likeness (QED) is 0.458. The number of phenolic OH excluding ortho intramolecular Hbond substituents is 1. The second kappa shape index (κ2) is 5.58. The van der Waals surface area contributed by atoms with Crippen molar-refractivity contribution in [1.29, 1.82) is 0 Å². The van der Waals surface area contributed by atoms with Crippen molar-refractivity contribution in [3.8, 4) is 5.75 Å². The highest BCUT2D eigenvalue weighted by Crippen LogP contribution is 2.28. The number of amides is 1. The first-order valence-corrected chi connectivity index (χ1v) is 4.87. The third kappa shape index (κ3) is 3.14. The minimum Gasteiger partial charge on any atom is -0.507 e. The van der Waals surface area contributed by atoms with E-state index in [0.717, 1.165) is 12.1 Å². The standard InChI is InChI=1S/C11H10N2O5/c12-10(15)3-1-2-7-4-9(13(17)18)5-8(6-14)11(7)16/h1-2,4-6,16H,3H2,(H2,12,15). The maximum atomic E-state index is 10.7. The van der Waals surface area contributed by atoms with Crippen LogP contribution in [0.1, 0.15) is 22.3 Å². The highest BCUT2D eigenvalue weighted by atomic mass is 16.6. The number of nitro benzene ring substituents is 1. The first kappa shape index (κ1) is 13.4. The van der Waals surface area contributed by atoms with Gasteiger partial charge in [-0.2, -0.15) is 0 Å². The number of nitrogens with zero attached hydrogens (tertiary/aromatic N) is 1. The maximum Gasteiger partial charge on any atom is 0.271 e. The van der Waals surface area contributed by atoms with Crippen LogP contribution in [0.15, 0.2) is 18.2 Å². The molecule has 0 aliphatic carbocycles. The first-order valence-electron chi connectivity index (χ1n) is 4.87. The fourth-order valence-corrected chi connectivity index (χ4v) is 1.29. The van der Waals surface area contributed by atoms with Crippen LogP contribution in [0.5, 0.6) is 5.75 Å². The Kier molecular flexibility index (Phi) is 4.14. The van der Waals surface area contributed by atoms with Gasteiger partial charge in [-0.15, -0.1) is 0 Å². The number of hydrogen-bond acceptors (Lipinski definition) is 5. The topological polar surface area (TPSA) is 124 Å². The SMILES string of the molecule is NC(=O)CC=Cc1cc([N+](=O)[O-])cc(C=O)c1O. The minimum atomic E-state index is -0.683. The van der Waals surface area contributed by atoms with Crippen molar-refractivity contribution in [2.45, 2.75) is 6.42 Å². The highest BCUT2D eigenvalue weighted by Gasteiger charge is 2.14. The van der Waals surface area contributed by atoms with Crippen molar-refractivity contribution in [3.05, 3.63) is 39.4 Å². The Hall–Kier alpha value is -2.70. The van der Waals surface area contributed by atoms with Gasteiger partial charge in [0.25, 0.3) is 5.69 Å². The minimum absolute atomic E-state index is 0.0709. The summed E-state index contributed by atoms with van der Waals surface area (Å²) < 4.78 is 0. The summed E-state index contributed by atoms with van der Waals surface area (Å²) in [6, 6.07) is 2.06. The second-order valence-electron chi connectivity index (χ2n) is 3.42. The van der Waals surface area contributed by atoms with Crippen LogP contribution in [0.25, 0.3) is 6.08 Å². The monoisotopic (exact) mass is 250 g/mol. The molecule has 0 spiro atoms. The van der Waals surface area contributed by atoms with Crippen LogP contribution >= 0.6 is 0 Å². The Balaban J connectivity index is 3.20. The number of nitro groups is 1. The van der Waals surface area contributed by atoms with Gasteiger partial charge in [0.2, 0.25) is 5.91 Å². The van der Waals surface area contributed by atoms with Gasteiger partial charge in [-0.1, -0.05) is 12.2 Å². The third-order valence-corrected chi connectivity index (χ3v) is 2.11. The molecule has 0 unspecified atom stereocenters.